The number of nitrogen functional groups attached to an aromatic ring is 1. The van der Waals surface area contributed by atoms with Gasteiger partial charge in [-0.15, -0.1) is 11.3 Å². The van der Waals surface area contributed by atoms with Gasteiger partial charge in [0.1, 0.15) is 22.2 Å². The van der Waals surface area contributed by atoms with Crippen LogP contribution in [0.15, 0.2) is 24.3 Å². The molecule has 3 N–H and O–H groups in total. The molecule has 1 amide bonds. The molecule has 0 saturated carbocycles. The fraction of sp³-hybridized carbons (Fsp3) is 0.350. The number of carbonyl (C=O) groups excluding carboxylic acids is 1. The molecule has 0 saturated heterocycles. The molecule has 8 heteroatoms. The maximum Gasteiger partial charge on any atom is 0.238 e. The molecule has 0 radical (unpaired) electrons. The maximum absolute atomic E-state index is 12.4. The molecule has 148 valence electrons. The van der Waals surface area contributed by atoms with E-state index in [0.29, 0.717) is 24.7 Å². The van der Waals surface area contributed by atoms with Crippen LogP contribution in [0.2, 0.25) is 0 Å². The lowest BCUT2D eigenvalue weighted by atomic mass is 10.2. The molecule has 3 aromatic rings. The Balaban J connectivity index is 1.68. The summed E-state index contributed by atoms with van der Waals surface area (Å²) in [5.74, 6) is 1.78. The molecule has 0 unspecified atom stereocenters. The van der Waals surface area contributed by atoms with Crippen molar-refractivity contribution in [3.63, 3.8) is 0 Å². The molecule has 2 aromatic heterocycles. The third kappa shape index (κ3) is 4.40. The minimum atomic E-state index is -0.0936. The minimum absolute atomic E-state index is 0.0936. The molecule has 0 aliphatic carbocycles. The van der Waals surface area contributed by atoms with Crippen LogP contribution in [-0.4, -0.2) is 41.0 Å². The Morgan fingerprint density at radius 1 is 1.25 bits per heavy atom. The van der Waals surface area contributed by atoms with Crippen molar-refractivity contribution < 1.29 is 9.53 Å². The lowest BCUT2D eigenvalue weighted by Crippen LogP contribution is -2.33. The number of nitrogens with zero attached hydrogens (tertiary/aromatic N) is 3. The fourth-order valence-electron chi connectivity index (χ4n) is 2.95. The summed E-state index contributed by atoms with van der Waals surface area (Å²) < 4.78 is 5.13. The number of amides is 1. The van der Waals surface area contributed by atoms with E-state index >= 15 is 0 Å². The van der Waals surface area contributed by atoms with Gasteiger partial charge in [0.15, 0.2) is 0 Å². The highest BCUT2D eigenvalue weighted by molar-refractivity contribution is 7.18. The van der Waals surface area contributed by atoms with Crippen molar-refractivity contribution in [2.75, 3.05) is 31.2 Å². The van der Waals surface area contributed by atoms with Gasteiger partial charge in [0.05, 0.1) is 25.6 Å². The average Bonchev–Trinajstić information content (AvgIpc) is 2.96. The van der Waals surface area contributed by atoms with Crippen molar-refractivity contribution in [2.24, 2.45) is 0 Å². The maximum atomic E-state index is 12.4. The molecule has 7 nitrogen and oxygen atoms in total. The van der Waals surface area contributed by atoms with Crippen molar-refractivity contribution in [1.82, 2.24) is 14.9 Å². The van der Waals surface area contributed by atoms with Gasteiger partial charge in [-0.2, -0.15) is 0 Å². The predicted octanol–water partition coefficient (Wildman–Crippen LogP) is 3.36. The van der Waals surface area contributed by atoms with Crippen molar-refractivity contribution >= 4 is 39.0 Å². The van der Waals surface area contributed by atoms with E-state index in [1.165, 1.54) is 4.88 Å². The number of aryl methyl sites for hydroxylation is 2. The second-order valence-electron chi connectivity index (χ2n) is 6.57. The summed E-state index contributed by atoms with van der Waals surface area (Å²) in [5.41, 5.74) is 8.03. The number of aromatic nitrogens is 2. The number of hydrogen-bond acceptors (Lipinski definition) is 7. The summed E-state index contributed by atoms with van der Waals surface area (Å²) in [4.78, 5) is 25.6. The molecule has 0 aliphatic rings. The zero-order valence-corrected chi connectivity index (χ0v) is 17.4. The first-order chi connectivity index (χ1) is 13.4. The van der Waals surface area contributed by atoms with Gasteiger partial charge in [0.25, 0.3) is 0 Å². The number of nitrogens with two attached hydrogens (primary N) is 1. The Labute approximate surface area is 168 Å². The SMILES string of the molecule is CCN(CC(=O)Nc1ccc(OC)cc1)Cc1nc(N)c2c(C)c(C)sc2n1. The van der Waals surface area contributed by atoms with E-state index in [9.17, 15) is 4.79 Å². The summed E-state index contributed by atoms with van der Waals surface area (Å²) >= 11 is 1.62. The number of methoxy groups -OCH3 is 1. The van der Waals surface area contributed by atoms with Crippen LogP contribution >= 0.6 is 11.3 Å². The monoisotopic (exact) mass is 399 g/mol. The normalized spacial score (nSPS) is 11.2. The first-order valence-electron chi connectivity index (χ1n) is 9.09. The van der Waals surface area contributed by atoms with Crippen molar-refractivity contribution in [3.8, 4) is 5.75 Å². The highest BCUT2D eigenvalue weighted by atomic mass is 32.1. The third-order valence-electron chi connectivity index (χ3n) is 4.66. The van der Waals surface area contributed by atoms with Gasteiger partial charge in [-0.05, 0) is 50.2 Å². The van der Waals surface area contributed by atoms with E-state index in [2.05, 4.69) is 22.2 Å². The van der Waals surface area contributed by atoms with Crippen LogP contribution in [0.1, 0.15) is 23.2 Å². The lowest BCUT2D eigenvalue weighted by Gasteiger charge is -2.19. The molecule has 0 aliphatic heterocycles. The van der Waals surface area contributed by atoms with E-state index in [1.54, 1.807) is 18.4 Å². The second-order valence-corrected chi connectivity index (χ2v) is 7.77. The highest BCUT2D eigenvalue weighted by Crippen LogP contribution is 2.31. The van der Waals surface area contributed by atoms with Gasteiger partial charge in [0, 0.05) is 10.6 Å². The van der Waals surface area contributed by atoms with Crippen LogP contribution in [0.3, 0.4) is 0 Å². The van der Waals surface area contributed by atoms with Crippen molar-refractivity contribution in [1.29, 1.82) is 0 Å². The summed E-state index contributed by atoms with van der Waals surface area (Å²) in [5, 5.41) is 3.83. The van der Waals surface area contributed by atoms with Crippen molar-refractivity contribution in [2.45, 2.75) is 27.3 Å². The third-order valence-corrected chi connectivity index (χ3v) is 5.76. The Morgan fingerprint density at radius 3 is 2.61 bits per heavy atom. The smallest absolute Gasteiger partial charge is 0.238 e. The average molecular weight is 400 g/mol. The first kappa shape index (κ1) is 20.0. The zero-order chi connectivity index (χ0) is 20.3. The summed E-state index contributed by atoms with van der Waals surface area (Å²) in [6, 6.07) is 7.24. The van der Waals surface area contributed by atoms with Gasteiger partial charge < -0.3 is 15.8 Å². The number of carbonyl (C=O) groups is 1. The minimum Gasteiger partial charge on any atom is -0.497 e. The first-order valence-corrected chi connectivity index (χ1v) is 9.91. The molecule has 0 atom stereocenters. The topological polar surface area (TPSA) is 93.4 Å². The molecular formula is C20H25N5O2S. The largest absolute Gasteiger partial charge is 0.497 e. The summed E-state index contributed by atoms with van der Waals surface area (Å²) in [7, 11) is 1.61. The quantitative estimate of drug-likeness (QED) is 0.633. The van der Waals surface area contributed by atoms with Crippen LogP contribution < -0.4 is 15.8 Å². The highest BCUT2D eigenvalue weighted by Gasteiger charge is 2.16. The van der Waals surface area contributed by atoms with Crippen LogP contribution in [0.5, 0.6) is 5.75 Å². The van der Waals surface area contributed by atoms with Crippen LogP contribution in [0.25, 0.3) is 10.2 Å². The van der Waals surface area contributed by atoms with E-state index in [-0.39, 0.29) is 12.5 Å². The Morgan fingerprint density at radius 2 is 1.96 bits per heavy atom. The molecular weight excluding hydrogens is 374 g/mol. The Bertz CT molecular complexity index is 984. The number of hydrogen-bond donors (Lipinski definition) is 2. The molecule has 1 aromatic carbocycles. The number of ether oxygens (including phenoxy) is 1. The standard InChI is InChI=1S/C20H25N5O2S/c1-5-25(11-17(26)22-14-6-8-15(27-4)9-7-14)10-16-23-19(21)18-12(2)13(3)28-20(18)24-16/h6-9H,5,10-11H2,1-4H3,(H,22,26)(H2,21,23,24). The van der Waals surface area contributed by atoms with Crippen molar-refractivity contribution in [3.05, 3.63) is 40.5 Å². The number of likely N-dealkylation sites (N-methyl/N-ethyl adjacent to an activating group) is 1. The predicted molar refractivity (Wildman–Crippen MR) is 114 cm³/mol. The van der Waals surface area contributed by atoms with E-state index in [4.69, 9.17) is 10.5 Å². The zero-order valence-electron chi connectivity index (χ0n) is 16.6. The Hall–Kier alpha value is -2.71. The van der Waals surface area contributed by atoms with Gasteiger partial charge in [-0.1, -0.05) is 6.92 Å². The van der Waals surface area contributed by atoms with Gasteiger partial charge in [-0.3, -0.25) is 9.69 Å². The van der Waals surface area contributed by atoms with Gasteiger partial charge >= 0.3 is 0 Å². The van der Waals surface area contributed by atoms with E-state index in [0.717, 1.165) is 27.2 Å². The van der Waals surface area contributed by atoms with Crippen LogP contribution in [0.4, 0.5) is 11.5 Å². The lowest BCUT2D eigenvalue weighted by molar-refractivity contribution is -0.117. The van der Waals surface area contributed by atoms with Crippen LogP contribution in [0, 0.1) is 13.8 Å². The molecule has 3 rings (SSSR count). The number of anilines is 2. The molecule has 0 fully saturated rings. The fourth-order valence-corrected chi connectivity index (χ4v) is 4.01. The number of nitrogens with one attached hydrogen (secondary N) is 1. The molecule has 28 heavy (non-hydrogen) atoms. The second kappa shape index (κ2) is 8.53. The van der Waals surface area contributed by atoms with Crippen LogP contribution in [-0.2, 0) is 11.3 Å². The number of rotatable bonds is 7. The number of benzene rings is 1. The van der Waals surface area contributed by atoms with Gasteiger partial charge in [-0.25, -0.2) is 9.97 Å². The molecule has 0 spiro atoms. The van der Waals surface area contributed by atoms with Gasteiger partial charge in [0.2, 0.25) is 5.91 Å². The van der Waals surface area contributed by atoms with E-state index < -0.39 is 0 Å². The number of fused-ring (bicyclic) bond motifs is 1. The molecule has 0 bridgehead atoms. The summed E-state index contributed by atoms with van der Waals surface area (Å²) in [6.45, 7) is 7.49. The summed E-state index contributed by atoms with van der Waals surface area (Å²) in [6.07, 6.45) is 0. The number of thiophene rings is 1. The van der Waals surface area contributed by atoms with E-state index in [1.807, 2.05) is 43.0 Å². The Kier molecular flexibility index (Phi) is 6.11. The molecule has 2 heterocycles.